The largest absolute Gasteiger partial charge is 0.494 e. The summed E-state index contributed by atoms with van der Waals surface area (Å²) < 4.78 is 10.7. The van der Waals surface area contributed by atoms with Crippen molar-refractivity contribution in [3.63, 3.8) is 0 Å². The van der Waals surface area contributed by atoms with E-state index in [1.807, 2.05) is 18.4 Å². The number of pyridine rings is 1. The molecule has 2 aromatic heterocycles. The van der Waals surface area contributed by atoms with Crippen LogP contribution >= 0.6 is 11.8 Å². The van der Waals surface area contributed by atoms with Crippen LogP contribution in [0.4, 0.5) is 11.6 Å². The van der Waals surface area contributed by atoms with Gasteiger partial charge < -0.3 is 19.3 Å². The molecule has 168 valence electrons. The summed E-state index contributed by atoms with van der Waals surface area (Å²) >= 11 is 1.45. The SMILES string of the molecule is CCOC(=O)c1cnc(SC)nc1N1CCN(c2cc(C)c3cccc(OC)c3n2)CC1. The van der Waals surface area contributed by atoms with Gasteiger partial charge in [-0.25, -0.2) is 19.7 Å². The molecular weight excluding hydrogens is 426 g/mol. The van der Waals surface area contributed by atoms with Gasteiger partial charge in [-0.1, -0.05) is 23.9 Å². The number of nitrogens with zero attached hydrogens (tertiary/aromatic N) is 5. The first-order valence-corrected chi connectivity index (χ1v) is 11.8. The molecule has 1 aliphatic rings. The first-order chi connectivity index (χ1) is 15.5. The molecule has 0 amide bonds. The highest BCUT2D eigenvalue weighted by atomic mass is 32.2. The predicted molar refractivity (Wildman–Crippen MR) is 127 cm³/mol. The maximum absolute atomic E-state index is 12.4. The van der Waals surface area contributed by atoms with E-state index >= 15 is 0 Å². The number of esters is 1. The number of fused-ring (bicyclic) bond motifs is 1. The van der Waals surface area contributed by atoms with Crippen LogP contribution in [-0.4, -0.2) is 67.1 Å². The first-order valence-electron chi connectivity index (χ1n) is 10.6. The fourth-order valence-corrected chi connectivity index (χ4v) is 4.23. The fourth-order valence-electron chi connectivity index (χ4n) is 3.90. The Bertz CT molecular complexity index is 1130. The highest BCUT2D eigenvalue weighted by Gasteiger charge is 2.25. The maximum atomic E-state index is 12.4. The lowest BCUT2D eigenvalue weighted by molar-refractivity contribution is 0.0526. The second-order valence-corrected chi connectivity index (χ2v) is 8.22. The molecular formula is C23H27N5O3S. The number of hydrogen-bond acceptors (Lipinski definition) is 9. The Morgan fingerprint density at radius 2 is 1.91 bits per heavy atom. The lowest BCUT2D eigenvalue weighted by atomic mass is 10.1. The quantitative estimate of drug-likeness (QED) is 0.316. The predicted octanol–water partition coefficient (Wildman–Crippen LogP) is 3.57. The fraction of sp³-hybridized carbons (Fsp3) is 0.391. The number of piperazine rings is 1. The molecule has 4 rings (SSSR count). The molecule has 0 atom stereocenters. The van der Waals surface area contributed by atoms with Gasteiger partial charge in [0.25, 0.3) is 0 Å². The zero-order valence-corrected chi connectivity index (χ0v) is 19.6. The standard InChI is InChI=1S/C23H27N5O3S/c1-5-31-22(29)17-14-24-23(32-4)26-21(17)28-11-9-27(10-12-28)19-13-15(2)16-7-6-8-18(30-3)20(16)25-19/h6-8,13-14H,5,9-12H2,1-4H3. The highest BCUT2D eigenvalue weighted by molar-refractivity contribution is 7.98. The van der Waals surface area contributed by atoms with Crippen molar-refractivity contribution in [3.8, 4) is 5.75 Å². The number of aromatic nitrogens is 3. The molecule has 0 spiro atoms. The van der Waals surface area contributed by atoms with Gasteiger partial charge in [-0.15, -0.1) is 0 Å². The van der Waals surface area contributed by atoms with Gasteiger partial charge in [-0.2, -0.15) is 0 Å². The molecule has 0 unspecified atom stereocenters. The van der Waals surface area contributed by atoms with Crippen LogP contribution < -0.4 is 14.5 Å². The summed E-state index contributed by atoms with van der Waals surface area (Å²) in [7, 11) is 1.67. The molecule has 0 bridgehead atoms. The third kappa shape index (κ3) is 4.29. The molecule has 32 heavy (non-hydrogen) atoms. The summed E-state index contributed by atoms with van der Waals surface area (Å²) in [5.41, 5.74) is 2.44. The van der Waals surface area contributed by atoms with Crippen LogP contribution in [0, 0.1) is 6.92 Å². The summed E-state index contributed by atoms with van der Waals surface area (Å²) in [6, 6.07) is 8.11. The van der Waals surface area contributed by atoms with Crippen molar-refractivity contribution in [2.45, 2.75) is 19.0 Å². The molecule has 0 radical (unpaired) electrons. The second-order valence-electron chi connectivity index (χ2n) is 7.44. The van der Waals surface area contributed by atoms with Crippen molar-refractivity contribution in [2.75, 3.05) is 56.0 Å². The molecule has 3 aromatic rings. The average Bonchev–Trinajstić information content (AvgIpc) is 2.83. The van der Waals surface area contributed by atoms with E-state index in [1.54, 1.807) is 20.2 Å². The van der Waals surface area contributed by atoms with Crippen molar-refractivity contribution in [3.05, 3.63) is 41.6 Å². The number of carbonyl (C=O) groups is 1. The van der Waals surface area contributed by atoms with Gasteiger partial charge in [0.05, 0.1) is 13.7 Å². The van der Waals surface area contributed by atoms with Crippen LogP contribution in [0.15, 0.2) is 35.6 Å². The summed E-state index contributed by atoms with van der Waals surface area (Å²) in [5, 5.41) is 1.73. The van der Waals surface area contributed by atoms with Crippen LogP contribution in [0.2, 0.25) is 0 Å². The molecule has 1 aromatic carbocycles. The number of rotatable bonds is 6. The minimum atomic E-state index is -0.392. The molecule has 9 heteroatoms. The van der Waals surface area contributed by atoms with E-state index in [2.05, 4.69) is 38.8 Å². The van der Waals surface area contributed by atoms with Crippen LogP contribution in [0.25, 0.3) is 10.9 Å². The minimum Gasteiger partial charge on any atom is -0.494 e. The van der Waals surface area contributed by atoms with Crippen LogP contribution in [0.1, 0.15) is 22.8 Å². The Kier molecular flexibility index (Phi) is 6.64. The first kappa shape index (κ1) is 22.1. The molecule has 1 fully saturated rings. The van der Waals surface area contributed by atoms with Gasteiger partial charge in [-0.3, -0.25) is 0 Å². The Morgan fingerprint density at radius 1 is 1.16 bits per heavy atom. The number of aryl methyl sites for hydroxylation is 1. The van der Waals surface area contributed by atoms with Gasteiger partial charge >= 0.3 is 5.97 Å². The van der Waals surface area contributed by atoms with Gasteiger partial charge in [0.15, 0.2) is 5.16 Å². The maximum Gasteiger partial charge on any atom is 0.343 e. The van der Waals surface area contributed by atoms with Crippen molar-refractivity contribution in [2.24, 2.45) is 0 Å². The third-order valence-corrected chi connectivity index (χ3v) is 6.11. The molecule has 1 saturated heterocycles. The van der Waals surface area contributed by atoms with E-state index in [-0.39, 0.29) is 0 Å². The third-order valence-electron chi connectivity index (χ3n) is 5.54. The van der Waals surface area contributed by atoms with E-state index in [0.29, 0.717) is 36.2 Å². The zero-order chi connectivity index (χ0) is 22.7. The van der Waals surface area contributed by atoms with Crippen molar-refractivity contribution >= 4 is 40.3 Å². The topological polar surface area (TPSA) is 80.7 Å². The number of ether oxygens (including phenoxy) is 2. The molecule has 0 aliphatic carbocycles. The van der Waals surface area contributed by atoms with E-state index in [1.165, 1.54) is 11.8 Å². The van der Waals surface area contributed by atoms with Gasteiger partial charge in [0.1, 0.15) is 28.5 Å². The Hall–Kier alpha value is -3.07. The smallest absolute Gasteiger partial charge is 0.343 e. The van der Waals surface area contributed by atoms with E-state index in [4.69, 9.17) is 14.5 Å². The summed E-state index contributed by atoms with van der Waals surface area (Å²) in [6.07, 6.45) is 3.49. The summed E-state index contributed by atoms with van der Waals surface area (Å²) in [6.45, 7) is 7.14. The lowest BCUT2D eigenvalue weighted by Crippen LogP contribution is -2.47. The number of anilines is 2. The normalized spacial score (nSPS) is 14.0. The lowest BCUT2D eigenvalue weighted by Gasteiger charge is -2.36. The van der Waals surface area contributed by atoms with Gasteiger partial charge in [0.2, 0.25) is 0 Å². The number of hydrogen-bond donors (Lipinski definition) is 0. The van der Waals surface area contributed by atoms with E-state index in [9.17, 15) is 4.79 Å². The van der Waals surface area contributed by atoms with E-state index in [0.717, 1.165) is 41.1 Å². The highest BCUT2D eigenvalue weighted by Crippen LogP contribution is 2.30. The summed E-state index contributed by atoms with van der Waals surface area (Å²) in [5.74, 6) is 1.94. The Morgan fingerprint density at radius 3 is 2.59 bits per heavy atom. The van der Waals surface area contributed by atoms with Crippen molar-refractivity contribution in [1.82, 2.24) is 15.0 Å². The Balaban J connectivity index is 1.58. The number of carbonyl (C=O) groups excluding carboxylic acids is 1. The molecule has 8 nitrogen and oxygen atoms in total. The van der Waals surface area contributed by atoms with Gasteiger partial charge in [-0.05, 0) is 37.8 Å². The average molecular weight is 454 g/mol. The summed E-state index contributed by atoms with van der Waals surface area (Å²) in [4.78, 5) is 30.6. The van der Waals surface area contributed by atoms with Gasteiger partial charge in [0, 0.05) is 37.8 Å². The monoisotopic (exact) mass is 453 g/mol. The number of para-hydroxylation sites is 1. The molecule has 3 heterocycles. The number of methoxy groups -OCH3 is 1. The van der Waals surface area contributed by atoms with Crippen molar-refractivity contribution in [1.29, 1.82) is 0 Å². The Labute approximate surface area is 192 Å². The second kappa shape index (κ2) is 9.60. The minimum absolute atomic E-state index is 0.312. The molecule has 0 saturated carbocycles. The molecule has 0 N–H and O–H groups in total. The van der Waals surface area contributed by atoms with Crippen LogP contribution in [0.3, 0.4) is 0 Å². The van der Waals surface area contributed by atoms with Crippen LogP contribution in [-0.2, 0) is 4.74 Å². The van der Waals surface area contributed by atoms with Crippen LogP contribution in [0.5, 0.6) is 5.75 Å². The molecule has 1 aliphatic heterocycles. The zero-order valence-electron chi connectivity index (χ0n) is 18.8. The van der Waals surface area contributed by atoms with Crippen molar-refractivity contribution < 1.29 is 14.3 Å². The number of benzene rings is 1. The number of thioether (sulfide) groups is 1. The van der Waals surface area contributed by atoms with E-state index < -0.39 is 5.97 Å².